The fraction of sp³-hybridized carbons (Fsp3) is 0.385. The third kappa shape index (κ3) is 3.37. The summed E-state index contributed by atoms with van der Waals surface area (Å²) in [4.78, 5) is 22.5. The molecule has 0 heterocycles. The van der Waals surface area contributed by atoms with Gasteiger partial charge in [-0.2, -0.15) is 0 Å². The smallest absolute Gasteiger partial charge is 0.335 e. The van der Waals surface area contributed by atoms with Crippen LogP contribution >= 0.6 is 0 Å². The van der Waals surface area contributed by atoms with Crippen LogP contribution in [0.25, 0.3) is 0 Å². The normalized spacial score (nSPS) is 15.2. The molecule has 2 amide bonds. The van der Waals surface area contributed by atoms with Gasteiger partial charge in [-0.25, -0.2) is 9.59 Å². The van der Waals surface area contributed by atoms with Gasteiger partial charge >= 0.3 is 12.0 Å². The van der Waals surface area contributed by atoms with Crippen LogP contribution in [0.2, 0.25) is 0 Å². The molecule has 0 saturated heterocycles. The minimum Gasteiger partial charge on any atom is -0.506 e. The third-order valence-corrected chi connectivity index (χ3v) is 3.18. The average molecular weight is 264 g/mol. The number of amides is 2. The summed E-state index contributed by atoms with van der Waals surface area (Å²) in [6, 6.07) is 3.48. The standard InChI is InChI=1S/C13H16N2O4/c16-11-6-5-8(12(17)18)7-10(11)15-13(19)14-9-3-1-2-4-9/h5-7,9,16H,1-4H2,(H,17,18)(H2,14,15,19). The van der Waals surface area contributed by atoms with Gasteiger partial charge in [-0.05, 0) is 31.0 Å². The van der Waals surface area contributed by atoms with Crippen molar-refractivity contribution in [2.75, 3.05) is 5.32 Å². The van der Waals surface area contributed by atoms with Crippen LogP contribution in [0.5, 0.6) is 5.75 Å². The molecule has 6 nitrogen and oxygen atoms in total. The monoisotopic (exact) mass is 264 g/mol. The summed E-state index contributed by atoms with van der Waals surface area (Å²) >= 11 is 0. The lowest BCUT2D eigenvalue weighted by Crippen LogP contribution is -2.36. The van der Waals surface area contributed by atoms with E-state index in [0.29, 0.717) is 0 Å². The summed E-state index contributed by atoms with van der Waals surface area (Å²) in [5, 5.41) is 23.7. The zero-order valence-corrected chi connectivity index (χ0v) is 10.3. The first-order valence-electron chi connectivity index (χ1n) is 6.20. The molecule has 102 valence electrons. The minimum absolute atomic E-state index is 0.00830. The van der Waals surface area contributed by atoms with Crippen LogP contribution in [-0.4, -0.2) is 28.3 Å². The molecule has 19 heavy (non-hydrogen) atoms. The Morgan fingerprint density at radius 2 is 1.89 bits per heavy atom. The van der Waals surface area contributed by atoms with Crippen LogP contribution in [-0.2, 0) is 0 Å². The van der Waals surface area contributed by atoms with Gasteiger partial charge in [-0.15, -0.1) is 0 Å². The fourth-order valence-corrected chi connectivity index (χ4v) is 2.18. The van der Waals surface area contributed by atoms with Crippen LogP contribution in [0.3, 0.4) is 0 Å². The second-order valence-electron chi connectivity index (χ2n) is 4.62. The van der Waals surface area contributed by atoms with E-state index < -0.39 is 12.0 Å². The van der Waals surface area contributed by atoms with Crippen molar-refractivity contribution in [1.29, 1.82) is 0 Å². The molecule has 0 aromatic heterocycles. The minimum atomic E-state index is -1.11. The topological polar surface area (TPSA) is 98.7 Å². The predicted molar refractivity (Wildman–Crippen MR) is 69.5 cm³/mol. The molecule has 4 N–H and O–H groups in total. The quantitative estimate of drug-likeness (QED) is 0.629. The maximum atomic E-state index is 11.7. The number of carbonyl (C=O) groups is 2. The molecule has 1 fully saturated rings. The van der Waals surface area contributed by atoms with Crippen LogP contribution in [0.4, 0.5) is 10.5 Å². The molecule has 1 aromatic carbocycles. The van der Waals surface area contributed by atoms with E-state index in [4.69, 9.17) is 5.11 Å². The number of aromatic carboxylic acids is 1. The first kappa shape index (κ1) is 13.2. The van der Waals surface area contributed by atoms with E-state index in [-0.39, 0.29) is 23.0 Å². The van der Waals surface area contributed by atoms with Gasteiger partial charge in [0, 0.05) is 6.04 Å². The third-order valence-electron chi connectivity index (χ3n) is 3.18. The lowest BCUT2D eigenvalue weighted by atomic mass is 10.2. The number of aromatic hydroxyl groups is 1. The fourth-order valence-electron chi connectivity index (χ4n) is 2.18. The highest BCUT2D eigenvalue weighted by Crippen LogP contribution is 2.24. The largest absolute Gasteiger partial charge is 0.506 e. The highest BCUT2D eigenvalue weighted by atomic mass is 16.4. The van der Waals surface area contributed by atoms with Crippen molar-refractivity contribution in [3.63, 3.8) is 0 Å². The van der Waals surface area contributed by atoms with Gasteiger partial charge < -0.3 is 20.8 Å². The van der Waals surface area contributed by atoms with Crippen LogP contribution in [0, 0.1) is 0 Å². The molecule has 1 aromatic rings. The van der Waals surface area contributed by atoms with E-state index in [1.165, 1.54) is 18.2 Å². The summed E-state index contributed by atoms with van der Waals surface area (Å²) in [6.07, 6.45) is 4.11. The number of urea groups is 1. The first-order valence-corrected chi connectivity index (χ1v) is 6.20. The zero-order valence-electron chi connectivity index (χ0n) is 10.3. The van der Waals surface area contributed by atoms with E-state index in [9.17, 15) is 14.7 Å². The van der Waals surface area contributed by atoms with Gasteiger partial charge in [-0.1, -0.05) is 12.8 Å². The van der Waals surface area contributed by atoms with E-state index in [1.54, 1.807) is 0 Å². The number of nitrogens with one attached hydrogen (secondary N) is 2. The molecule has 6 heteroatoms. The molecule has 0 spiro atoms. The summed E-state index contributed by atoms with van der Waals surface area (Å²) in [7, 11) is 0. The second-order valence-corrected chi connectivity index (χ2v) is 4.62. The van der Waals surface area contributed by atoms with Gasteiger partial charge in [0.2, 0.25) is 0 Å². The molecular weight excluding hydrogens is 248 g/mol. The van der Waals surface area contributed by atoms with Crippen molar-refractivity contribution < 1.29 is 19.8 Å². The summed E-state index contributed by atoms with van der Waals surface area (Å²) in [6.45, 7) is 0. The molecule has 0 aliphatic heterocycles. The van der Waals surface area contributed by atoms with E-state index in [0.717, 1.165) is 25.7 Å². The molecular formula is C13H16N2O4. The predicted octanol–water partition coefficient (Wildman–Crippen LogP) is 2.15. The highest BCUT2D eigenvalue weighted by Gasteiger charge is 2.18. The second kappa shape index (κ2) is 5.60. The van der Waals surface area contributed by atoms with Crippen molar-refractivity contribution in [3.8, 4) is 5.75 Å². The summed E-state index contributed by atoms with van der Waals surface area (Å²) < 4.78 is 0. The number of carboxylic acid groups (broad SMARTS) is 1. The Morgan fingerprint density at radius 3 is 2.53 bits per heavy atom. The maximum Gasteiger partial charge on any atom is 0.335 e. The molecule has 0 bridgehead atoms. The number of hydrogen-bond donors (Lipinski definition) is 4. The number of hydrogen-bond acceptors (Lipinski definition) is 3. The van der Waals surface area contributed by atoms with Gasteiger partial charge in [0.05, 0.1) is 11.3 Å². The Balaban J connectivity index is 2.02. The van der Waals surface area contributed by atoms with Crippen molar-refractivity contribution in [2.24, 2.45) is 0 Å². The Hall–Kier alpha value is -2.24. The summed E-state index contributed by atoms with van der Waals surface area (Å²) in [5.41, 5.74) is 0.101. The number of benzene rings is 1. The Bertz CT molecular complexity index is 495. The molecule has 1 aliphatic carbocycles. The van der Waals surface area contributed by atoms with Gasteiger partial charge in [0.15, 0.2) is 0 Å². The molecule has 1 saturated carbocycles. The number of carboxylic acids is 1. The molecule has 1 aliphatic rings. The van der Waals surface area contributed by atoms with Crippen molar-refractivity contribution in [3.05, 3.63) is 23.8 Å². The SMILES string of the molecule is O=C(Nc1cc(C(=O)O)ccc1O)NC1CCCC1. The van der Waals surface area contributed by atoms with Crippen molar-refractivity contribution in [2.45, 2.75) is 31.7 Å². The molecule has 0 radical (unpaired) electrons. The lowest BCUT2D eigenvalue weighted by Gasteiger charge is -2.13. The van der Waals surface area contributed by atoms with Gasteiger partial charge in [-0.3, -0.25) is 0 Å². The Morgan fingerprint density at radius 1 is 1.21 bits per heavy atom. The first-order chi connectivity index (χ1) is 9.06. The maximum absolute atomic E-state index is 11.7. The van der Waals surface area contributed by atoms with E-state index in [2.05, 4.69) is 10.6 Å². The van der Waals surface area contributed by atoms with E-state index >= 15 is 0 Å². The number of phenols is 1. The molecule has 2 rings (SSSR count). The highest BCUT2D eigenvalue weighted by molar-refractivity contribution is 5.94. The number of carbonyl (C=O) groups excluding carboxylic acids is 1. The van der Waals surface area contributed by atoms with Gasteiger partial charge in [0.25, 0.3) is 0 Å². The van der Waals surface area contributed by atoms with Gasteiger partial charge in [0.1, 0.15) is 5.75 Å². The molecule has 0 atom stereocenters. The van der Waals surface area contributed by atoms with Crippen molar-refractivity contribution >= 4 is 17.7 Å². The molecule has 0 unspecified atom stereocenters. The van der Waals surface area contributed by atoms with E-state index in [1.807, 2.05) is 0 Å². The number of anilines is 1. The van der Waals surface area contributed by atoms with Crippen LogP contribution in [0.1, 0.15) is 36.0 Å². The number of rotatable bonds is 3. The number of phenolic OH excluding ortho intramolecular Hbond substituents is 1. The van der Waals surface area contributed by atoms with Crippen LogP contribution < -0.4 is 10.6 Å². The average Bonchev–Trinajstić information content (AvgIpc) is 2.84. The Kier molecular flexibility index (Phi) is 3.89. The Labute approximate surface area is 110 Å². The van der Waals surface area contributed by atoms with Crippen LogP contribution in [0.15, 0.2) is 18.2 Å². The lowest BCUT2D eigenvalue weighted by molar-refractivity contribution is 0.0697. The van der Waals surface area contributed by atoms with Crippen molar-refractivity contribution in [1.82, 2.24) is 5.32 Å². The zero-order chi connectivity index (χ0) is 13.8. The summed E-state index contributed by atoms with van der Waals surface area (Å²) in [5.74, 6) is -1.27.